The Morgan fingerprint density at radius 2 is 1.13 bits per heavy atom. The van der Waals surface area contributed by atoms with Gasteiger partial charge in [-0.2, -0.15) is 0 Å². The summed E-state index contributed by atoms with van der Waals surface area (Å²) < 4.78 is 86.1. The van der Waals surface area contributed by atoms with Crippen molar-refractivity contribution in [3.05, 3.63) is 69.9 Å². The number of nitroso groups, excluding NO2 is 1. The molecule has 97 heavy (non-hydrogen) atoms. The molecule has 33 heteroatoms. The zero-order valence-corrected chi connectivity index (χ0v) is 59.8. The zero-order valence-electron chi connectivity index (χ0n) is 56.2. The summed E-state index contributed by atoms with van der Waals surface area (Å²) in [5.41, 5.74) is 7.82. The number of carbonyl (C=O) groups is 9. The van der Waals surface area contributed by atoms with Gasteiger partial charge in [-0.05, 0) is 160 Å². The van der Waals surface area contributed by atoms with Crippen molar-refractivity contribution in [2.75, 3.05) is 13.1 Å². The molecule has 530 valence electrons. The molecule has 10 rings (SSSR count). The van der Waals surface area contributed by atoms with E-state index in [0.717, 1.165) is 37.7 Å². The van der Waals surface area contributed by atoms with E-state index < -0.39 is 148 Å². The standard InChI is InChI=1S/C37H48FN3O9S.C27H41N3O8S.H2N5O.Na/c1-36(2,3)50-35(46)39-29-13-8-6-4-5-7-11-24-19-37(24,34(45)40-51(47,48)26-14-15-26)20-31(42)30-18-25(21-41(30)32(29)43)49-33(44)23-16-22-10-9-12-28(38)27(22)17-23;1-26(2,3)38-25(35)28-20-10-8-6-4-5-7-9-17-14-27(17,24(34)29-39(36,37)19-11-12-19)15-22(32)21-13-18(31)16-30(21)23(20)33;1-2-3-4-5-6;/h7,9-12,23-26,29-30H,4-6,8,13-21H2,1-3H3,(H,39,46)(H,40,45);7,9,17-21,31H,4-6,8,10-16H2,1-3H3,(H,28,35)(H,29,34);(H2-,1,2,3,4,5,6);/q;;-1;+1/b11-7-;9-7-;;/t23?,24-,25-,29+,30+,37-;17-,18-,20+,21+,27-;;/m11../s1. The van der Waals surface area contributed by atoms with Crippen LogP contribution in [0.15, 0.2) is 53.0 Å². The molecule has 2 saturated heterocycles. The normalized spacial score (nSPS) is 29.8. The molecule has 0 spiro atoms. The number of nitrogens with zero attached hydrogens (tertiary/aromatic N) is 5. The largest absolute Gasteiger partial charge is 1.00 e. The Morgan fingerprint density at radius 1 is 0.660 bits per heavy atom. The van der Waals surface area contributed by atoms with Crippen molar-refractivity contribution >= 4 is 73.4 Å². The molecule has 11 atom stereocenters. The van der Waals surface area contributed by atoms with E-state index in [2.05, 4.69) is 30.6 Å². The van der Waals surface area contributed by atoms with E-state index in [0.29, 0.717) is 69.8 Å². The molecule has 4 heterocycles. The van der Waals surface area contributed by atoms with Crippen LogP contribution in [0.4, 0.5) is 14.0 Å². The van der Waals surface area contributed by atoms with Gasteiger partial charge in [-0.25, -0.2) is 36.3 Å². The molecule has 5 aliphatic carbocycles. The van der Waals surface area contributed by atoms with Gasteiger partial charge in [-0.1, -0.05) is 62.1 Å². The number of esters is 1. The van der Waals surface area contributed by atoms with Crippen molar-refractivity contribution in [1.29, 1.82) is 0 Å². The van der Waals surface area contributed by atoms with Gasteiger partial charge in [0.2, 0.25) is 43.7 Å². The molecule has 1 aromatic rings. The first-order valence-corrected chi connectivity index (χ1v) is 36.2. The van der Waals surface area contributed by atoms with Crippen LogP contribution in [0.3, 0.4) is 0 Å². The number of aliphatic hydroxyl groups excluding tert-OH is 1. The minimum Gasteiger partial charge on any atom is -0.460 e. The van der Waals surface area contributed by atoms with Crippen molar-refractivity contribution < 1.29 is 113 Å². The maximum absolute atomic E-state index is 14.4. The second-order valence-corrected chi connectivity index (χ2v) is 32.6. The number of amides is 6. The van der Waals surface area contributed by atoms with Gasteiger partial charge >= 0.3 is 47.7 Å². The summed E-state index contributed by atoms with van der Waals surface area (Å²) in [6, 6.07) is 0.671. The third-order valence-electron chi connectivity index (χ3n) is 18.7. The Kier molecular flexibility index (Phi) is 26.2. The van der Waals surface area contributed by atoms with Crippen LogP contribution < -0.4 is 60.7 Å². The Bertz CT molecular complexity index is 3430. The number of hydrazine groups is 1. The predicted octanol–water partition coefficient (Wildman–Crippen LogP) is 2.68. The van der Waals surface area contributed by atoms with Crippen molar-refractivity contribution in [1.82, 2.24) is 40.9 Å². The summed E-state index contributed by atoms with van der Waals surface area (Å²) in [5.74, 6) is -5.49. The van der Waals surface area contributed by atoms with E-state index in [-0.39, 0.29) is 105 Å². The number of ether oxygens (including phenoxy) is 3. The molecule has 7 N–H and O–H groups in total. The number of benzene rings is 1. The molecule has 29 nitrogen and oxygen atoms in total. The number of hydrogen-bond donors (Lipinski definition) is 7. The number of hydrogen-bond acceptors (Lipinski definition) is 20. The molecular weight excluding hydrogens is 1320 g/mol. The molecule has 6 fully saturated rings. The fourth-order valence-electron chi connectivity index (χ4n) is 13.3. The number of rotatable bonds is 13. The van der Waals surface area contributed by atoms with Gasteiger partial charge < -0.3 is 50.8 Å². The van der Waals surface area contributed by atoms with Crippen LogP contribution >= 0.6 is 0 Å². The fourth-order valence-corrected chi connectivity index (χ4v) is 16.1. The van der Waals surface area contributed by atoms with Crippen LogP contribution in [0.25, 0.3) is 5.53 Å². The molecule has 1 unspecified atom stereocenters. The molecule has 6 amide bonds. The van der Waals surface area contributed by atoms with E-state index in [4.69, 9.17) is 24.6 Å². The summed E-state index contributed by atoms with van der Waals surface area (Å²) in [6.45, 7) is 10.1. The van der Waals surface area contributed by atoms with Gasteiger partial charge in [0.1, 0.15) is 35.2 Å². The minimum absolute atomic E-state index is 0. The summed E-state index contributed by atoms with van der Waals surface area (Å²) in [5, 5.41) is 18.9. The first-order valence-electron chi connectivity index (χ1n) is 33.1. The third kappa shape index (κ3) is 21.0. The number of alkyl carbamates (subject to hydrolysis) is 2. The van der Waals surface area contributed by atoms with Crippen molar-refractivity contribution in [3.63, 3.8) is 0 Å². The first kappa shape index (κ1) is 77.9. The molecule has 1 aromatic carbocycles. The van der Waals surface area contributed by atoms with Crippen molar-refractivity contribution in [2.45, 2.75) is 241 Å². The maximum Gasteiger partial charge on any atom is 1.00 e. The molecule has 9 aliphatic rings. The number of allylic oxidation sites excluding steroid dienone is 4. The van der Waals surface area contributed by atoms with E-state index in [1.807, 2.05) is 24.3 Å². The van der Waals surface area contributed by atoms with Crippen LogP contribution in [0.5, 0.6) is 0 Å². The zero-order chi connectivity index (χ0) is 70.1. The number of nitrogens with one attached hydrogen (secondary N) is 6. The number of ketones is 2. The fraction of sp³-hybridized carbons (Fsp3) is 0.703. The Morgan fingerprint density at radius 3 is 1.57 bits per heavy atom. The van der Waals surface area contributed by atoms with Crippen LogP contribution in [-0.2, 0) is 80.7 Å². The molecule has 0 radical (unpaired) electrons. The van der Waals surface area contributed by atoms with Crippen LogP contribution in [0.1, 0.15) is 181 Å². The maximum atomic E-state index is 14.4. The number of Topliss-reactive ketones (excluding diaryl/α,β-unsaturated/α-hetero) is 2. The number of halogens is 1. The monoisotopic (exact) mass is 1410 g/mol. The van der Waals surface area contributed by atoms with Crippen molar-refractivity contribution in [3.8, 4) is 0 Å². The van der Waals surface area contributed by atoms with Crippen LogP contribution in [-0.4, -0.2) is 156 Å². The van der Waals surface area contributed by atoms with Gasteiger partial charge in [0, 0.05) is 32.2 Å². The summed E-state index contributed by atoms with van der Waals surface area (Å²) >= 11 is 0. The molecule has 0 aromatic heterocycles. The molecule has 4 saturated carbocycles. The number of carbonyl (C=O) groups excluding carboxylic acids is 9. The number of sulfonamides is 2. The Balaban J connectivity index is 0.000000257. The number of aliphatic hydroxyl groups is 1. The van der Waals surface area contributed by atoms with E-state index in [1.54, 1.807) is 64.7 Å². The van der Waals surface area contributed by atoms with E-state index in [9.17, 15) is 69.5 Å². The minimum atomic E-state index is -3.87. The van der Waals surface area contributed by atoms with Gasteiger partial charge in [0.15, 0.2) is 11.6 Å². The first-order chi connectivity index (χ1) is 45.2. The SMILES string of the molecule is CC(C)(C)OC(=O)N[C@H]1CCCCC/C=C\[C@@H]2C[C@@]2(C(=O)NS(=O)(=O)C2CC2)CC(=O)[C@@H]2C[C@@H](O)CN2C1=O.CC(C)(C)OC(=O)N[C@H]1CCCCC/C=C\[C@@H]2C[C@@]2(C(=O)NS(=O)(=O)C2CC2)CC(=O)[C@@H]2C[C@@H](OC(=O)C3Cc4cccc(F)c4C3)CN2C1=O.[N-]=NNNN=O.[Na+]. The van der Waals surface area contributed by atoms with E-state index >= 15 is 0 Å². The van der Waals surface area contributed by atoms with Gasteiger partial charge in [0.05, 0.1) is 57.3 Å². The van der Waals surface area contributed by atoms with E-state index in [1.165, 1.54) is 15.9 Å². The predicted molar refractivity (Wildman–Crippen MR) is 343 cm³/mol. The second kappa shape index (κ2) is 32.7. The number of fused-ring (bicyclic) bond motifs is 5. The Labute approximate surface area is 587 Å². The molecule has 4 aliphatic heterocycles. The van der Waals surface area contributed by atoms with Gasteiger partial charge in [0.25, 0.3) is 0 Å². The summed E-state index contributed by atoms with van der Waals surface area (Å²) in [6.07, 6.45) is 13.3. The average Bonchev–Trinajstić information content (AvgIpc) is 1.58. The van der Waals surface area contributed by atoms with Gasteiger partial charge in [-0.3, -0.25) is 48.2 Å². The topological polar surface area (TPSA) is 413 Å². The van der Waals surface area contributed by atoms with Crippen LogP contribution in [0, 0.1) is 39.3 Å². The quantitative estimate of drug-likeness (QED) is 0.0218. The molecular formula is C64H91FN11NaO18S2. The molecule has 0 bridgehead atoms. The smallest absolute Gasteiger partial charge is 0.460 e. The summed E-state index contributed by atoms with van der Waals surface area (Å²) in [4.78, 5) is 133. The third-order valence-corrected chi connectivity index (χ3v) is 22.4. The average molecular weight is 1410 g/mol. The Hall–Kier alpha value is -6.48. The summed E-state index contributed by atoms with van der Waals surface area (Å²) in [7, 11) is -7.66. The van der Waals surface area contributed by atoms with Gasteiger partial charge in [-0.15, -0.1) is 4.91 Å². The van der Waals surface area contributed by atoms with Crippen molar-refractivity contribution in [2.24, 2.45) is 39.1 Å². The van der Waals surface area contributed by atoms with Crippen LogP contribution in [0.2, 0.25) is 0 Å². The second-order valence-electron chi connectivity index (χ2n) is 28.7.